The van der Waals surface area contributed by atoms with Crippen LogP contribution in [0.3, 0.4) is 0 Å². The Labute approximate surface area is 147 Å². The molecule has 1 saturated heterocycles. The summed E-state index contributed by atoms with van der Waals surface area (Å²) in [5, 5.41) is 6.91. The average molecular weight is 331 g/mol. The second-order valence-corrected chi connectivity index (χ2v) is 7.16. The zero-order chi connectivity index (χ0) is 17.4. The van der Waals surface area contributed by atoms with Crippen molar-refractivity contribution in [3.8, 4) is 0 Å². The van der Waals surface area contributed by atoms with Crippen LogP contribution in [-0.4, -0.2) is 43.1 Å². The fourth-order valence-corrected chi connectivity index (χ4v) is 3.18. The first kappa shape index (κ1) is 18.8. The maximum atomic E-state index is 4.73. The van der Waals surface area contributed by atoms with Gasteiger partial charge in [-0.3, -0.25) is 0 Å². The number of benzene rings is 1. The van der Waals surface area contributed by atoms with E-state index in [0.29, 0.717) is 12.0 Å². The van der Waals surface area contributed by atoms with Crippen molar-refractivity contribution in [3.05, 3.63) is 35.4 Å². The lowest BCUT2D eigenvalue weighted by molar-refractivity contribution is 0.141. The highest BCUT2D eigenvalue weighted by atomic mass is 15.2. The van der Waals surface area contributed by atoms with Crippen LogP contribution in [0, 0.1) is 12.8 Å². The molecule has 1 aliphatic heterocycles. The molecule has 1 aliphatic rings. The van der Waals surface area contributed by atoms with Gasteiger partial charge in [-0.15, -0.1) is 0 Å². The van der Waals surface area contributed by atoms with Crippen molar-refractivity contribution in [2.24, 2.45) is 10.9 Å². The summed E-state index contributed by atoms with van der Waals surface area (Å²) in [5.74, 6) is 1.64. The van der Waals surface area contributed by atoms with Gasteiger partial charge in [0.05, 0.1) is 6.54 Å². The van der Waals surface area contributed by atoms with Crippen LogP contribution < -0.4 is 10.6 Å². The Hall–Kier alpha value is -1.55. The van der Waals surface area contributed by atoms with Crippen LogP contribution in [0.4, 0.5) is 0 Å². The Balaban J connectivity index is 1.86. The number of aryl methyl sites for hydroxylation is 1. The normalized spacial score (nSPS) is 19.5. The third-order valence-corrected chi connectivity index (χ3v) is 4.72. The maximum Gasteiger partial charge on any atom is 0.191 e. The third kappa shape index (κ3) is 6.16. The van der Waals surface area contributed by atoms with Gasteiger partial charge in [0.1, 0.15) is 0 Å². The lowest BCUT2D eigenvalue weighted by Gasteiger charge is -2.35. The summed E-state index contributed by atoms with van der Waals surface area (Å²) in [6.45, 7) is 13.9. The fourth-order valence-electron chi connectivity index (χ4n) is 3.18. The van der Waals surface area contributed by atoms with Gasteiger partial charge in [0.15, 0.2) is 5.96 Å². The molecule has 1 atom stereocenters. The van der Waals surface area contributed by atoms with Crippen LogP contribution >= 0.6 is 0 Å². The lowest BCUT2D eigenvalue weighted by atomic mass is 9.97. The fraction of sp³-hybridized carbons (Fsp3) is 0.650. The van der Waals surface area contributed by atoms with Gasteiger partial charge in [0.2, 0.25) is 0 Å². The van der Waals surface area contributed by atoms with Crippen molar-refractivity contribution >= 4 is 5.96 Å². The quantitative estimate of drug-likeness (QED) is 0.622. The van der Waals surface area contributed by atoms with E-state index < -0.39 is 0 Å². The molecule has 1 fully saturated rings. The van der Waals surface area contributed by atoms with E-state index in [1.165, 1.54) is 37.1 Å². The van der Waals surface area contributed by atoms with Gasteiger partial charge < -0.3 is 15.5 Å². The molecule has 0 bridgehead atoms. The number of aliphatic imine (C=N–C) groups is 1. The van der Waals surface area contributed by atoms with Gasteiger partial charge in [-0.05, 0) is 58.6 Å². The van der Waals surface area contributed by atoms with Gasteiger partial charge in [-0.25, -0.2) is 4.99 Å². The minimum absolute atomic E-state index is 0.649. The molecule has 4 heteroatoms. The predicted octanol–water partition coefficient (Wildman–Crippen LogP) is 3.17. The summed E-state index contributed by atoms with van der Waals surface area (Å²) in [5.41, 5.74) is 2.54. The molecule has 1 heterocycles. The molecule has 24 heavy (non-hydrogen) atoms. The molecule has 0 saturated carbocycles. The molecule has 134 valence electrons. The zero-order valence-corrected chi connectivity index (χ0v) is 15.8. The molecule has 0 aromatic heterocycles. The van der Waals surface area contributed by atoms with Crippen LogP contribution in [-0.2, 0) is 6.54 Å². The van der Waals surface area contributed by atoms with E-state index in [0.717, 1.165) is 25.6 Å². The van der Waals surface area contributed by atoms with Crippen molar-refractivity contribution in [2.75, 3.05) is 26.2 Å². The number of nitrogens with zero attached hydrogens (tertiary/aromatic N) is 2. The highest BCUT2D eigenvalue weighted by Crippen LogP contribution is 2.17. The topological polar surface area (TPSA) is 39.7 Å². The smallest absolute Gasteiger partial charge is 0.191 e. The van der Waals surface area contributed by atoms with Crippen LogP contribution in [0.2, 0.25) is 0 Å². The number of rotatable bonds is 6. The van der Waals surface area contributed by atoms with E-state index in [4.69, 9.17) is 4.99 Å². The summed E-state index contributed by atoms with van der Waals surface area (Å²) in [6, 6.07) is 9.26. The summed E-state index contributed by atoms with van der Waals surface area (Å²) >= 11 is 0. The molecular formula is C20H34N4. The first-order chi connectivity index (χ1) is 11.6. The number of hydrogen-bond donors (Lipinski definition) is 2. The van der Waals surface area contributed by atoms with Gasteiger partial charge in [0.25, 0.3) is 0 Å². The molecule has 0 spiro atoms. The second-order valence-electron chi connectivity index (χ2n) is 7.16. The summed E-state index contributed by atoms with van der Waals surface area (Å²) in [4.78, 5) is 7.32. The molecule has 1 aromatic rings. The van der Waals surface area contributed by atoms with Crippen LogP contribution in [0.1, 0.15) is 44.7 Å². The van der Waals surface area contributed by atoms with E-state index in [1.807, 2.05) is 0 Å². The Morgan fingerprint density at radius 1 is 1.25 bits per heavy atom. The highest BCUT2D eigenvalue weighted by Gasteiger charge is 2.21. The van der Waals surface area contributed by atoms with Gasteiger partial charge >= 0.3 is 0 Å². The minimum atomic E-state index is 0.649. The Morgan fingerprint density at radius 2 is 2.00 bits per heavy atom. The largest absolute Gasteiger partial charge is 0.357 e. The second kappa shape index (κ2) is 9.67. The molecule has 0 radical (unpaired) electrons. The zero-order valence-electron chi connectivity index (χ0n) is 15.8. The SMILES string of the molecule is CCNC(=NCc1ccc(C)cc1)NCC1CCCN(C(C)C)C1. The van der Waals surface area contributed by atoms with E-state index in [-0.39, 0.29) is 0 Å². The Bertz CT molecular complexity index is 507. The summed E-state index contributed by atoms with van der Waals surface area (Å²) in [6.07, 6.45) is 2.62. The predicted molar refractivity (Wildman–Crippen MR) is 103 cm³/mol. The van der Waals surface area contributed by atoms with E-state index >= 15 is 0 Å². The summed E-state index contributed by atoms with van der Waals surface area (Å²) < 4.78 is 0. The van der Waals surface area contributed by atoms with E-state index in [2.05, 4.69) is 67.5 Å². The van der Waals surface area contributed by atoms with Crippen molar-refractivity contribution < 1.29 is 0 Å². The number of guanidine groups is 1. The van der Waals surface area contributed by atoms with Crippen LogP contribution in [0.25, 0.3) is 0 Å². The van der Waals surface area contributed by atoms with Gasteiger partial charge in [-0.1, -0.05) is 29.8 Å². The first-order valence-corrected chi connectivity index (χ1v) is 9.40. The molecule has 0 aliphatic carbocycles. The van der Waals surface area contributed by atoms with Crippen molar-refractivity contribution in [1.29, 1.82) is 0 Å². The average Bonchev–Trinajstić information content (AvgIpc) is 2.59. The highest BCUT2D eigenvalue weighted by molar-refractivity contribution is 5.79. The van der Waals surface area contributed by atoms with Gasteiger partial charge in [0, 0.05) is 25.7 Å². The van der Waals surface area contributed by atoms with Crippen molar-refractivity contribution in [3.63, 3.8) is 0 Å². The molecule has 0 amide bonds. The number of hydrogen-bond acceptors (Lipinski definition) is 2. The minimum Gasteiger partial charge on any atom is -0.357 e. The van der Waals surface area contributed by atoms with Crippen LogP contribution in [0.5, 0.6) is 0 Å². The number of likely N-dealkylation sites (tertiary alicyclic amines) is 1. The summed E-state index contributed by atoms with van der Waals surface area (Å²) in [7, 11) is 0. The van der Waals surface area contributed by atoms with Crippen molar-refractivity contribution in [2.45, 2.75) is 53.1 Å². The van der Waals surface area contributed by atoms with E-state index in [9.17, 15) is 0 Å². The standard InChI is InChI=1S/C20H34N4/c1-5-21-20(22-13-18-10-8-17(4)9-11-18)23-14-19-7-6-12-24(15-19)16(2)3/h8-11,16,19H,5-7,12-15H2,1-4H3,(H2,21,22,23). The molecule has 2 N–H and O–H groups in total. The monoisotopic (exact) mass is 330 g/mol. The lowest BCUT2D eigenvalue weighted by Crippen LogP contribution is -2.46. The molecule has 1 aromatic carbocycles. The Kier molecular flexibility index (Phi) is 7.57. The molecular weight excluding hydrogens is 296 g/mol. The third-order valence-electron chi connectivity index (χ3n) is 4.72. The van der Waals surface area contributed by atoms with E-state index in [1.54, 1.807) is 0 Å². The number of piperidine rings is 1. The van der Waals surface area contributed by atoms with Crippen molar-refractivity contribution in [1.82, 2.24) is 15.5 Å². The molecule has 4 nitrogen and oxygen atoms in total. The van der Waals surface area contributed by atoms with Crippen LogP contribution in [0.15, 0.2) is 29.3 Å². The number of nitrogens with one attached hydrogen (secondary N) is 2. The van der Waals surface area contributed by atoms with Gasteiger partial charge in [-0.2, -0.15) is 0 Å². The Morgan fingerprint density at radius 3 is 2.67 bits per heavy atom. The first-order valence-electron chi connectivity index (χ1n) is 9.40. The molecule has 2 rings (SSSR count). The molecule has 1 unspecified atom stereocenters. The maximum absolute atomic E-state index is 4.73.